The van der Waals surface area contributed by atoms with Crippen molar-refractivity contribution in [2.75, 3.05) is 32.8 Å². The number of nitrogens with zero attached hydrogens (tertiary/aromatic N) is 1. The smallest absolute Gasteiger partial charge is 0.305 e. The van der Waals surface area contributed by atoms with Crippen molar-refractivity contribution < 1.29 is 19.4 Å². The second kappa shape index (κ2) is 7.59. The normalized spacial score (nSPS) is 24.6. The van der Waals surface area contributed by atoms with Gasteiger partial charge >= 0.3 is 5.97 Å². The molecule has 2 N–H and O–H groups in total. The fraction of sp³-hybridized carbons (Fsp3) is 0.857. The van der Waals surface area contributed by atoms with Crippen molar-refractivity contribution in [3.63, 3.8) is 0 Å². The molecule has 0 aromatic carbocycles. The van der Waals surface area contributed by atoms with Crippen molar-refractivity contribution >= 4 is 11.9 Å². The number of hydrogen-bond acceptors (Lipinski definition) is 4. The van der Waals surface area contributed by atoms with Crippen LogP contribution in [0.15, 0.2) is 0 Å². The van der Waals surface area contributed by atoms with E-state index < -0.39 is 5.97 Å². The first-order chi connectivity index (χ1) is 9.66. The summed E-state index contributed by atoms with van der Waals surface area (Å²) in [6.07, 6.45) is 3.83. The van der Waals surface area contributed by atoms with E-state index in [4.69, 9.17) is 9.84 Å². The number of hydrogen-bond donors (Lipinski definition) is 2. The number of piperidine rings is 2. The molecular formula is C14H24N2O4. The second-order valence-corrected chi connectivity index (χ2v) is 5.58. The standard InChI is InChI=1S/C14H24N2O4/c17-13(18)5-9-20-12-3-7-16(8-4-12)14(19)11-2-1-6-15-10-11/h11-12,15H,1-10H2,(H,17,18). The molecule has 0 spiro atoms. The van der Waals surface area contributed by atoms with E-state index in [-0.39, 0.29) is 31.0 Å². The first-order valence-corrected chi connectivity index (χ1v) is 7.49. The van der Waals surface area contributed by atoms with Crippen LogP contribution in [0.2, 0.25) is 0 Å². The Morgan fingerprint density at radius 1 is 1.25 bits per heavy atom. The quantitative estimate of drug-likeness (QED) is 0.767. The number of carboxylic acids is 1. The van der Waals surface area contributed by atoms with Crippen LogP contribution in [-0.4, -0.2) is 60.8 Å². The van der Waals surface area contributed by atoms with Crippen LogP contribution in [0.3, 0.4) is 0 Å². The fourth-order valence-corrected chi connectivity index (χ4v) is 2.88. The highest BCUT2D eigenvalue weighted by Gasteiger charge is 2.29. The summed E-state index contributed by atoms with van der Waals surface area (Å²) in [6, 6.07) is 0. The molecule has 2 saturated heterocycles. The van der Waals surface area contributed by atoms with Crippen LogP contribution in [0.25, 0.3) is 0 Å². The highest BCUT2D eigenvalue weighted by atomic mass is 16.5. The van der Waals surface area contributed by atoms with E-state index >= 15 is 0 Å². The SMILES string of the molecule is O=C(O)CCOC1CCN(C(=O)C2CCCNC2)CC1. The molecule has 6 heteroatoms. The number of aliphatic carboxylic acids is 1. The Hall–Kier alpha value is -1.14. The minimum absolute atomic E-state index is 0.0485. The first-order valence-electron chi connectivity index (χ1n) is 7.49. The van der Waals surface area contributed by atoms with Crippen LogP contribution in [0.1, 0.15) is 32.1 Å². The van der Waals surface area contributed by atoms with Crippen molar-refractivity contribution in [3.8, 4) is 0 Å². The summed E-state index contributed by atoms with van der Waals surface area (Å²) in [5.41, 5.74) is 0. The van der Waals surface area contributed by atoms with Crippen LogP contribution < -0.4 is 5.32 Å². The van der Waals surface area contributed by atoms with Gasteiger partial charge in [0, 0.05) is 19.6 Å². The van der Waals surface area contributed by atoms with E-state index in [9.17, 15) is 9.59 Å². The lowest BCUT2D eigenvalue weighted by atomic mass is 9.96. The van der Waals surface area contributed by atoms with E-state index in [1.807, 2.05) is 4.90 Å². The minimum atomic E-state index is -0.831. The lowest BCUT2D eigenvalue weighted by Crippen LogP contribution is -2.47. The zero-order valence-corrected chi connectivity index (χ0v) is 11.8. The maximum Gasteiger partial charge on any atom is 0.305 e. The van der Waals surface area contributed by atoms with E-state index in [1.54, 1.807) is 0 Å². The molecule has 2 heterocycles. The number of carboxylic acid groups (broad SMARTS) is 1. The number of carbonyl (C=O) groups is 2. The molecule has 6 nitrogen and oxygen atoms in total. The number of rotatable bonds is 5. The van der Waals surface area contributed by atoms with Crippen molar-refractivity contribution in [1.82, 2.24) is 10.2 Å². The number of amides is 1. The molecule has 2 fully saturated rings. The molecule has 1 unspecified atom stereocenters. The molecule has 1 amide bonds. The van der Waals surface area contributed by atoms with Gasteiger partial charge in [-0.25, -0.2) is 0 Å². The average molecular weight is 284 g/mol. The molecule has 0 aromatic rings. The van der Waals surface area contributed by atoms with Gasteiger partial charge in [-0.2, -0.15) is 0 Å². The summed E-state index contributed by atoms with van der Waals surface area (Å²) >= 11 is 0. The number of likely N-dealkylation sites (tertiary alicyclic amines) is 1. The molecular weight excluding hydrogens is 260 g/mol. The summed E-state index contributed by atoms with van der Waals surface area (Å²) in [5, 5.41) is 11.8. The van der Waals surface area contributed by atoms with Crippen molar-refractivity contribution in [2.45, 2.75) is 38.2 Å². The Labute approximate surface area is 119 Å². The van der Waals surface area contributed by atoms with Crippen molar-refractivity contribution in [3.05, 3.63) is 0 Å². The number of ether oxygens (including phenoxy) is 1. The molecule has 1 atom stereocenters. The Bertz CT molecular complexity index is 334. The molecule has 0 bridgehead atoms. The van der Waals surface area contributed by atoms with Crippen LogP contribution in [0.5, 0.6) is 0 Å². The molecule has 2 rings (SSSR count). The van der Waals surface area contributed by atoms with Gasteiger partial charge < -0.3 is 20.1 Å². The maximum absolute atomic E-state index is 12.3. The molecule has 2 aliphatic rings. The van der Waals surface area contributed by atoms with Gasteiger partial charge in [-0.1, -0.05) is 0 Å². The lowest BCUT2D eigenvalue weighted by molar-refractivity contribution is -0.140. The zero-order valence-electron chi connectivity index (χ0n) is 11.8. The molecule has 0 aromatic heterocycles. The van der Waals surface area contributed by atoms with Crippen LogP contribution in [0, 0.1) is 5.92 Å². The Morgan fingerprint density at radius 3 is 2.60 bits per heavy atom. The van der Waals surface area contributed by atoms with Crippen LogP contribution in [0.4, 0.5) is 0 Å². The summed E-state index contributed by atoms with van der Waals surface area (Å²) < 4.78 is 5.54. The number of nitrogens with one attached hydrogen (secondary N) is 1. The van der Waals surface area contributed by atoms with Gasteiger partial charge in [0.1, 0.15) is 0 Å². The summed E-state index contributed by atoms with van der Waals surface area (Å²) in [7, 11) is 0. The monoisotopic (exact) mass is 284 g/mol. The topological polar surface area (TPSA) is 78.9 Å². The summed E-state index contributed by atoms with van der Waals surface area (Å²) in [4.78, 5) is 24.7. The Kier molecular flexibility index (Phi) is 5.79. The third kappa shape index (κ3) is 4.45. The van der Waals surface area contributed by atoms with E-state index in [0.717, 1.165) is 51.9 Å². The van der Waals surface area contributed by atoms with Gasteiger partial charge in [-0.05, 0) is 32.2 Å². The second-order valence-electron chi connectivity index (χ2n) is 5.58. The van der Waals surface area contributed by atoms with E-state index in [1.165, 1.54) is 0 Å². The third-order valence-electron chi connectivity index (χ3n) is 4.07. The minimum Gasteiger partial charge on any atom is -0.481 e. The maximum atomic E-state index is 12.3. The molecule has 0 radical (unpaired) electrons. The fourth-order valence-electron chi connectivity index (χ4n) is 2.88. The summed E-state index contributed by atoms with van der Waals surface area (Å²) in [5.74, 6) is -0.433. The zero-order chi connectivity index (χ0) is 14.4. The van der Waals surface area contributed by atoms with Crippen molar-refractivity contribution in [1.29, 1.82) is 0 Å². The predicted molar refractivity (Wildman–Crippen MR) is 73.4 cm³/mol. The van der Waals surface area contributed by atoms with Gasteiger partial charge in [0.15, 0.2) is 0 Å². The van der Waals surface area contributed by atoms with Gasteiger partial charge in [-0.15, -0.1) is 0 Å². The third-order valence-corrected chi connectivity index (χ3v) is 4.07. The van der Waals surface area contributed by atoms with Crippen LogP contribution in [-0.2, 0) is 14.3 Å². The highest BCUT2D eigenvalue weighted by Crippen LogP contribution is 2.19. The molecule has 0 aliphatic carbocycles. The highest BCUT2D eigenvalue weighted by molar-refractivity contribution is 5.79. The lowest BCUT2D eigenvalue weighted by Gasteiger charge is -2.35. The summed E-state index contributed by atoms with van der Waals surface area (Å²) in [6.45, 7) is 3.54. The molecule has 2 aliphatic heterocycles. The van der Waals surface area contributed by atoms with Gasteiger partial charge in [0.05, 0.1) is 25.0 Å². The Balaban J connectivity index is 1.68. The Morgan fingerprint density at radius 2 is 2.00 bits per heavy atom. The molecule has 0 saturated carbocycles. The average Bonchev–Trinajstić information content (AvgIpc) is 2.48. The number of carbonyl (C=O) groups excluding carboxylic acids is 1. The molecule has 20 heavy (non-hydrogen) atoms. The van der Waals surface area contributed by atoms with Gasteiger partial charge in [0.25, 0.3) is 0 Å². The first kappa shape index (κ1) is 15.3. The van der Waals surface area contributed by atoms with Gasteiger partial charge in [0.2, 0.25) is 5.91 Å². The predicted octanol–water partition coefficient (Wildman–Crippen LogP) is 0.468. The van der Waals surface area contributed by atoms with Crippen LogP contribution >= 0.6 is 0 Å². The van der Waals surface area contributed by atoms with Crippen molar-refractivity contribution in [2.24, 2.45) is 5.92 Å². The molecule has 114 valence electrons. The largest absolute Gasteiger partial charge is 0.481 e. The van der Waals surface area contributed by atoms with E-state index in [0.29, 0.717) is 0 Å². The van der Waals surface area contributed by atoms with Gasteiger partial charge in [-0.3, -0.25) is 9.59 Å². The van der Waals surface area contributed by atoms with E-state index in [2.05, 4.69) is 5.32 Å².